The summed E-state index contributed by atoms with van der Waals surface area (Å²) in [6, 6.07) is 2.95. The second kappa shape index (κ2) is 7.04. The zero-order valence-electron chi connectivity index (χ0n) is 10.9. The highest BCUT2D eigenvalue weighted by atomic mass is 16.6. The van der Waals surface area contributed by atoms with Crippen molar-refractivity contribution >= 4 is 5.69 Å². The van der Waals surface area contributed by atoms with Crippen molar-refractivity contribution in [1.29, 1.82) is 0 Å². The summed E-state index contributed by atoms with van der Waals surface area (Å²) < 4.78 is 5.42. The van der Waals surface area contributed by atoms with Crippen LogP contribution in [-0.4, -0.2) is 29.6 Å². The Morgan fingerprint density at radius 2 is 2.26 bits per heavy atom. The summed E-state index contributed by atoms with van der Waals surface area (Å²) in [5, 5.41) is 14.1. The van der Waals surface area contributed by atoms with E-state index in [0.717, 1.165) is 31.8 Å². The molecule has 1 aliphatic rings. The van der Waals surface area contributed by atoms with Gasteiger partial charge in [0.2, 0.25) is 0 Å². The summed E-state index contributed by atoms with van der Waals surface area (Å²) in [5.41, 5.74) is -0.0654. The topological polar surface area (TPSA) is 77.3 Å². The van der Waals surface area contributed by atoms with Crippen LogP contribution < -0.4 is 10.1 Å². The molecule has 6 heteroatoms. The molecule has 0 aliphatic carbocycles. The van der Waals surface area contributed by atoms with Crippen LogP contribution in [0.1, 0.15) is 25.7 Å². The number of pyridine rings is 1. The molecular weight excluding hydrogens is 246 g/mol. The number of aromatic nitrogens is 1. The number of nitrogens with zero attached hydrogens (tertiary/aromatic N) is 2. The van der Waals surface area contributed by atoms with E-state index in [-0.39, 0.29) is 11.6 Å². The molecule has 1 aromatic rings. The van der Waals surface area contributed by atoms with E-state index in [1.165, 1.54) is 25.1 Å². The molecule has 1 saturated heterocycles. The average molecular weight is 265 g/mol. The molecule has 2 heterocycles. The third kappa shape index (κ3) is 4.17. The van der Waals surface area contributed by atoms with Crippen LogP contribution in [0.2, 0.25) is 0 Å². The summed E-state index contributed by atoms with van der Waals surface area (Å²) in [6.07, 6.45) is 5.96. The normalized spacial score (nSPS) is 16.2. The summed E-state index contributed by atoms with van der Waals surface area (Å²) in [4.78, 5) is 14.2. The van der Waals surface area contributed by atoms with Gasteiger partial charge in [-0.2, -0.15) is 0 Å². The molecular formula is C13H19N3O3. The van der Waals surface area contributed by atoms with Gasteiger partial charge in [0.15, 0.2) is 0 Å². The summed E-state index contributed by atoms with van der Waals surface area (Å²) in [7, 11) is 0. The first-order valence-corrected chi connectivity index (χ1v) is 6.70. The van der Waals surface area contributed by atoms with Gasteiger partial charge in [-0.1, -0.05) is 0 Å². The fourth-order valence-electron chi connectivity index (χ4n) is 2.34. The van der Waals surface area contributed by atoms with E-state index < -0.39 is 4.92 Å². The quantitative estimate of drug-likeness (QED) is 0.484. The summed E-state index contributed by atoms with van der Waals surface area (Å²) in [6.45, 7) is 2.68. The molecule has 19 heavy (non-hydrogen) atoms. The minimum absolute atomic E-state index is 0.0654. The standard InChI is InChI=1S/C13H19N3O3/c17-16(18)12-4-1-7-15-13(12)19-10-2-3-11-5-8-14-9-6-11/h1,4,7,11,14H,2-3,5-6,8-10H2. The average Bonchev–Trinajstić information content (AvgIpc) is 2.45. The van der Waals surface area contributed by atoms with Crippen molar-refractivity contribution in [2.24, 2.45) is 5.92 Å². The molecule has 0 bridgehead atoms. The van der Waals surface area contributed by atoms with E-state index in [4.69, 9.17) is 4.74 Å². The van der Waals surface area contributed by atoms with E-state index in [0.29, 0.717) is 6.61 Å². The Morgan fingerprint density at radius 3 is 3.00 bits per heavy atom. The van der Waals surface area contributed by atoms with E-state index >= 15 is 0 Å². The van der Waals surface area contributed by atoms with Crippen molar-refractivity contribution in [1.82, 2.24) is 10.3 Å². The number of hydrogen-bond donors (Lipinski definition) is 1. The third-order valence-electron chi connectivity index (χ3n) is 3.40. The highest BCUT2D eigenvalue weighted by Gasteiger charge is 2.16. The van der Waals surface area contributed by atoms with Crippen LogP contribution in [0, 0.1) is 16.0 Å². The van der Waals surface area contributed by atoms with E-state index in [9.17, 15) is 10.1 Å². The molecule has 0 unspecified atom stereocenters. The maximum absolute atomic E-state index is 10.8. The monoisotopic (exact) mass is 265 g/mol. The molecule has 104 valence electrons. The fraction of sp³-hybridized carbons (Fsp3) is 0.615. The van der Waals surface area contributed by atoms with Gasteiger partial charge in [0.05, 0.1) is 11.5 Å². The first-order valence-electron chi connectivity index (χ1n) is 6.70. The van der Waals surface area contributed by atoms with Gasteiger partial charge < -0.3 is 10.1 Å². The van der Waals surface area contributed by atoms with E-state index in [2.05, 4.69) is 10.3 Å². The molecule has 0 atom stereocenters. The molecule has 0 aromatic carbocycles. The highest BCUT2D eigenvalue weighted by Crippen LogP contribution is 2.23. The van der Waals surface area contributed by atoms with Gasteiger partial charge in [-0.25, -0.2) is 4.98 Å². The van der Waals surface area contributed by atoms with Crippen LogP contribution >= 0.6 is 0 Å². The number of hydrogen-bond acceptors (Lipinski definition) is 5. The molecule has 6 nitrogen and oxygen atoms in total. The van der Waals surface area contributed by atoms with Crippen LogP contribution in [0.5, 0.6) is 5.88 Å². The van der Waals surface area contributed by atoms with Gasteiger partial charge in [0, 0.05) is 12.3 Å². The van der Waals surface area contributed by atoms with Gasteiger partial charge in [-0.3, -0.25) is 10.1 Å². The maximum atomic E-state index is 10.8. The Kier molecular flexibility index (Phi) is 5.09. The van der Waals surface area contributed by atoms with Gasteiger partial charge in [-0.15, -0.1) is 0 Å². The molecule has 1 aliphatic heterocycles. The molecule has 1 aromatic heterocycles. The SMILES string of the molecule is O=[N+]([O-])c1cccnc1OCCCC1CCNCC1. The van der Waals surface area contributed by atoms with Crippen LogP contribution in [0.4, 0.5) is 5.69 Å². The predicted molar refractivity (Wildman–Crippen MR) is 71.2 cm³/mol. The van der Waals surface area contributed by atoms with E-state index in [1.807, 2.05) is 0 Å². The lowest BCUT2D eigenvalue weighted by Gasteiger charge is -2.22. The molecule has 0 amide bonds. The Balaban J connectivity index is 1.74. The number of nitrogens with one attached hydrogen (secondary N) is 1. The first kappa shape index (κ1) is 13.7. The number of piperidine rings is 1. The lowest BCUT2D eigenvalue weighted by molar-refractivity contribution is -0.386. The largest absolute Gasteiger partial charge is 0.473 e. The van der Waals surface area contributed by atoms with Crippen LogP contribution in [0.3, 0.4) is 0 Å². The zero-order valence-corrected chi connectivity index (χ0v) is 10.9. The molecule has 2 rings (SSSR count). The minimum Gasteiger partial charge on any atom is -0.473 e. The van der Waals surface area contributed by atoms with Crippen LogP contribution in [-0.2, 0) is 0 Å². The lowest BCUT2D eigenvalue weighted by Crippen LogP contribution is -2.27. The number of rotatable bonds is 6. The molecule has 0 radical (unpaired) electrons. The fourth-order valence-corrected chi connectivity index (χ4v) is 2.34. The van der Waals surface area contributed by atoms with Gasteiger partial charge in [0.25, 0.3) is 5.88 Å². The Morgan fingerprint density at radius 1 is 1.47 bits per heavy atom. The molecule has 1 fully saturated rings. The Hall–Kier alpha value is -1.69. The van der Waals surface area contributed by atoms with Crippen molar-refractivity contribution in [3.05, 3.63) is 28.4 Å². The van der Waals surface area contributed by atoms with E-state index in [1.54, 1.807) is 6.07 Å². The predicted octanol–water partition coefficient (Wildman–Crippen LogP) is 2.15. The molecule has 0 spiro atoms. The van der Waals surface area contributed by atoms with Crippen molar-refractivity contribution in [3.8, 4) is 5.88 Å². The van der Waals surface area contributed by atoms with Crippen LogP contribution in [0.25, 0.3) is 0 Å². The van der Waals surface area contributed by atoms with Gasteiger partial charge >= 0.3 is 5.69 Å². The lowest BCUT2D eigenvalue weighted by atomic mass is 9.93. The second-order valence-corrected chi connectivity index (χ2v) is 4.77. The molecule has 0 saturated carbocycles. The Bertz CT molecular complexity index is 419. The van der Waals surface area contributed by atoms with Crippen molar-refractivity contribution in [3.63, 3.8) is 0 Å². The van der Waals surface area contributed by atoms with Crippen molar-refractivity contribution in [2.45, 2.75) is 25.7 Å². The smallest absolute Gasteiger partial charge is 0.330 e. The van der Waals surface area contributed by atoms with Gasteiger partial charge in [0.1, 0.15) is 0 Å². The minimum atomic E-state index is -0.463. The molecule has 1 N–H and O–H groups in total. The number of ether oxygens (including phenoxy) is 1. The first-order chi connectivity index (χ1) is 9.27. The van der Waals surface area contributed by atoms with Crippen LogP contribution in [0.15, 0.2) is 18.3 Å². The Labute approximate surface area is 112 Å². The van der Waals surface area contributed by atoms with Crippen molar-refractivity contribution in [2.75, 3.05) is 19.7 Å². The second-order valence-electron chi connectivity index (χ2n) is 4.77. The zero-order chi connectivity index (χ0) is 13.5. The van der Waals surface area contributed by atoms with Gasteiger partial charge in [-0.05, 0) is 50.8 Å². The third-order valence-corrected chi connectivity index (χ3v) is 3.40. The number of nitro groups is 1. The highest BCUT2D eigenvalue weighted by molar-refractivity contribution is 5.39. The summed E-state index contributed by atoms with van der Waals surface area (Å²) in [5.74, 6) is 0.876. The van der Waals surface area contributed by atoms with Crippen molar-refractivity contribution < 1.29 is 9.66 Å². The maximum Gasteiger partial charge on any atom is 0.330 e. The summed E-state index contributed by atoms with van der Waals surface area (Å²) >= 11 is 0.